The van der Waals surface area contributed by atoms with Crippen molar-refractivity contribution in [2.75, 3.05) is 5.73 Å². The third-order valence-corrected chi connectivity index (χ3v) is 3.33. The van der Waals surface area contributed by atoms with Gasteiger partial charge < -0.3 is 10.5 Å². The van der Waals surface area contributed by atoms with Gasteiger partial charge in [0.05, 0.1) is 5.69 Å². The SMILES string of the molecule is Nc1ccsc1C(=O)OCc1ccc(Cl)cc1. The summed E-state index contributed by atoms with van der Waals surface area (Å²) in [6, 6.07) is 8.82. The van der Waals surface area contributed by atoms with Crippen molar-refractivity contribution in [1.29, 1.82) is 0 Å². The minimum atomic E-state index is -0.396. The largest absolute Gasteiger partial charge is 0.457 e. The summed E-state index contributed by atoms with van der Waals surface area (Å²) in [6.45, 7) is 0.216. The summed E-state index contributed by atoms with van der Waals surface area (Å²) in [5, 5.41) is 2.41. The molecule has 1 aromatic carbocycles. The Labute approximate surface area is 108 Å². The normalized spacial score (nSPS) is 10.2. The fraction of sp³-hybridized carbons (Fsp3) is 0.0833. The molecule has 88 valence electrons. The van der Waals surface area contributed by atoms with Gasteiger partial charge in [0.25, 0.3) is 0 Å². The van der Waals surface area contributed by atoms with Crippen molar-refractivity contribution in [2.24, 2.45) is 0 Å². The van der Waals surface area contributed by atoms with Gasteiger partial charge in [-0.15, -0.1) is 11.3 Å². The van der Waals surface area contributed by atoms with Crippen LogP contribution in [0.25, 0.3) is 0 Å². The van der Waals surface area contributed by atoms with E-state index in [4.69, 9.17) is 22.1 Å². The van der Waals surface area contributed by atoms with E-state index in [2.05, 4.69) is 0 Å². The van der Waals surface area contributed by atoms with Crippen LogP contribution >= 0.6 is 22.9 Å². The maximum Gasteiger partial charge on any atom is 0.350 e. The van der Waals surface area contributed by atoms with Crippen LogP contribution in [-0.4, -0.2) is 5.97 Å². The molecule has 0 saturated carbocycles. The van der Waals surface area contributed by atoms with Gasteiger partial charge in [-0.1, -0.05) is 23.7 Å². The molecule has 1 aromatic heterocycles. The van der Waals surface area contributed by atoms with Crippen molar-refractivity contribution in [3.8, 4) is 0 Å². The average Bonchev–Trinajstić information content (AvgIpc) is 2.74. The van der Waals surface area contributed by atoms with Gasteiger partial charge in [-0.05, 0) is 29.1 Å². The Morgan fingerprint density at radius 1 is 1.29 bits per heavy atom. The van der Waals surface area contributed by atoms with Crippen molar-refractivity contribution < 1.29 is 9.53 Å². The van der Waals surface area contributed by atoms with E-state index in [-0.39, 0.29) is 6.61 Å². The molecule has 5 heteroatoms. The van der Waals surface area contributed by atoms with Gasteiger partial charge in [0.2, 0.25) is 0 Å². The van der Waals surface area contributed by atoms with Crippen LogP contribution in [0.2, 0.25) is 5.02 Å². The van der Waals surface area contributed by atoms with E-state index in [0.29, 0.717) is 15.6 Å². The van der Waals surface area contributed by atoms with Gasteiger partial charge in [-0.25, -0.2) is 4.79 Å². The lowest BCUT2D eigenvalue weighted by molar-refractivity contribution is 0.0480. The predicted molar refractivity (Wildman–Crippen MR) is 69.3 cm³/mol. The standard InChI is InChI=1S/C12H10ClNO2S/c13-9-3-1-8(2-4-9)7-16-12(15)11-10(14)5-6-17-11/h1-6H,7,14H2. The summed E-state index contributed by atoms with van der Waals surface area (Å²) in [5.74, 6) is -0.396. The number of carbonyl (C=O) groups excluding carboxylic acids is 1. The molecule has 3 nitrogen and oxygen atoms in total. The predicted octanol–water partition coefficient (Wildman–Crippen LogP) is 3.34. The van der Waals surface area contributed by atoms with Crippen molar-refractivity contribution in [3.05, 3.63) is 51.2 Å². The Hall–Kier alpha value is -1.52. The molecule has 0 amide bonds. The summed E-state index contributed by atoms with van der Waals surface area (Å²) < 4.78 is 5.14. The molecule has 0 unspecified atom stereocenters. The molecule has 0 saturated heterocycles. The van der Waals surface area contributed by atoms with Crippen LogP contribution in [0.1, 0.15) is 15.2 Å². The highest BCUT2D eigenvalue weighted by atomic mass is 35.5. The number of rotatable bonds is 3. The lowest BCUT2D eigenvalue weighted by Gasteiger charge is -2.04. The van der Waals surface area contributed by atoms with Crippen molar-refractivity contribution in [3.63, 3.8) is 0 Å². The number of hydrogen-bond donors (Lipinski definition) is 1. The number of thiophene rings is 1. The molecule has 2 N–H and O–H groups in total. The highest BCUT2D eigenvalue weighted by Crippen LogP contribution is 2.20. The molecular formula is C12H10ClNO2S. The van der Waals surface area contributed by atoms with Crippen LogP contribution < -0.4 is 5.73 Å². The van der Waals surface area contributed by atoms with Gasteiger partial charge in [0, 0.05) is 5.02 Å². The molecule has 2 aromatic rings. The van der Waals surface area contributed by atoms with Gasteiger partial charge in [-0.2, -0.15) is 0 Å². The summed E-state index contributed by atoms with van der Waals surface area (Å²) in [5.41, 5.74) is 6.96. The molecule has 17 heavy (non-hydrogen) atoms. The number of ether oxygens (including phenoxy) is 1. The monoisotopic (exact) mass is 267 g/mol. The molecular weight excluding hydrogens is 258 g/mol. The third kappa shape index (κ3) is 2.99. The molecule has 0 aliphatic heterocycles. The quantitative estimate of drug-likeness (QED) is 0.868. The van der Waals surface area contributed by atoms with E-state index in [1.807, 2.05) is 12.1 Å². The first kappa shape index (κ1) is 12.0. The molecule has 0 bridgehead atoms. The highest BCUT2D eigenvalue weighted by molar-refractivity contribution is 7.12. The topological polar surface area (TPSA) is 52.3 Å². The minimum Gasteiger partial charge on any atom is -0.457 e. The number of nitrogens with two attached hydrogens (primary N) is 1. The van der Waals surface area contributed by atoms with Gasteiger partial charge in [0.15, 0.2) is 0 Å². The van der Waals surface area contributed by atoms with Crippen LogP contribution in [0.3, 0.4) is 0 Å². The number of anilines is 1. The zero-order chi connectivity index (χ0) is 12.3. The third-order valence-electron chi connectivity index (χ3n) is 2.16. The minimum absolute atomic E-state index is 0.216. The molecule has 0 radical (unpaired) electrons. The maximum absolute atomic E-state index is 11.6. The molecule has 0 spiro atoms. The molecule has 0 aliphatic rings. The van der Waals surface area contributed by atoms with Crippen LogP contribution in [0, 0.1) is 0 Å². The summed E-state index contributed by atoms with van der Waals surface area (Å²) in [6.07, 6.45) is 0. The van der Waals surface area contributed by atoms with Crippen LogP contribution in [0.15, 0.2) is 35.7 Å². The lowest BCUT2D eigenvalue weighted by Crippen LogP contribution is -2.05. The van der Waals surface area contributed by atoms with E-state index in [0.717, 1.165) is 5.56 Å². The van der Waals surface area contributed by atoms with E-state index in [1.54, 1.807) is 23.6 Å². The fourth-order valence-corrected chi connectivity index (χ4v) is 2.12. The number of nitrogen functional groups attached to an aromatic ring is 1. The van der Waals surface area contributed by atoms with Crippen LogP contribution in [0.4, 0.5) is 5.69 Å². The summed E-state index contributed by atoms with van der Waals surface area (Å²) >= 11 is 7.03. The second-order valence-corrected chi connectivity index (χ2v) is 4.76. The Morgan fingerprint density at radius 3 is 2.59 bits per heavy atom. The van der Waals surface area contributed by atoms with E-state index in [1.165, 1.54) is 11.3 Å². The van der Waals surface area contributed by atoms with Crippen molar-refractivity contribution in [1.82, 2.24) is 0 Å². The first-order valence-electron chi connectivity index (χ1n) is 4.91. The molecule has 0 fully saturated rings. The Balaban J connectivity index is 1.97. The zero-order valence-corrected chi connectivity index (χ0v) is 10.4. The number of esters is 1. The second kappa shape index (κ2) is 5.21. The molecule has 2 rings (SSSR count). The highest BCUT2D eigenvalue weighted by Gasteiger charge is 2.12. The summed E-state index contributed by atoms with van der Waals surface area (Å²) in [4.78, 5) is 12.1. The summed E-state index contributed by atoms with van der Waals surface area (Å²) in [7, 11) is 0. The Bertz CT molecular complexity index is 522. The number of halogens is 1. The second-order valence-electron chi connectivity index (χ2n) is 3.41. The van der Waals surface area contributed by atoms with Crippen molar-refractivity contribution >= 4 is 34.6 Å². The molecule has 0 aliphatic carbocycles. The van der Waals surface area contributed by atoms with Crippen LogP contribution in [0.5, 0.6) is 0 Å². The van der Waals surface area contributed by atoms with Crippen LogP contribution in [-0.2, 0) is 11.3 Å². The Kier molecular flexibility index (Phi) is 3.66. The smallest absolute Gasteiger partial charge is 0.350 e. The number of benzene rings is 1. The van der Waals surface area contributed by atoms with E-state index >= 15 is 0 Å². The van der Waals surface area contributed by atoms with E-state index in [9.17, 15) is 4.79 Å². The van der Waals surface area contributed by atoms with Gasteiger partial charge in [-0.3, -0.25) is 0 Å². The molecule has 1 heterocycles. The average molecular weight is 268 g/mol. The Morgan fingerprint density at radius 2 is 2.00 bits per heavy atom. The van der Waals surface area contributed by atoms with Crippen molar-refractivity contribution in [2.45, 2.75) is 6.61 Å². The number of carbonyl (C=O) groups is 1. The van der Waals surface area contributed by atoms with E-state index < -0.39 is 5.97 Å². The molecule has 0 atom stereocenters. The van der Waals surface area contributed by atoms with Gasteiger partial charge in [0.1, 0.15) is 11.5 Å². The van der Waals surface area contributed by atoms with Gasteiger partial charge >= 0.3 is 5.97 Å². The number of hydrogen-bond acceptors (Lipinski definition) is 4. The first-order chi connectivity index (χ1) is 8.16. The zero-order valence-electron chi connectivity index (χ0n) is 8.85. The lowest BCUT2D eigenvalue weighted by atomic mass is 10.2. The maximum atomic E-state index is 11.6. The first-order valence-corrected chi connectivity index (χ1v) is 6.17. The fourth-order valence-electron chi connectivity index (χ4n) is 1.28.